The molecule has 1 N–H and O–H groups in total. The van der Waals surface area contributed by atoms with Gasteiger partial charge in [0.2, 0.25) is 0 Å². The highest BCUT2D eigenvalue weighted by atomic mass is 31.2. The lowest BCUT2D eigenvalue weighted by molar-refractivity contribution is 0.102. The van der Waals surface area contributed by atoms with E-state index in [2.05, 4.69) is 11.3 Å². The molecule has 0 rings (SSSR count). The van der Waals surface area contributed by atoms with Crippen molar-refractivity contribution in [3.8, 4) is 0 Å². The summed E-state index contributed by atoms with van der Waals surface area (Å²) in [6.45, 7) is 9.52. The summed E-state index contributed by atoms with van der Waals surface area (Å²) in [5, 5.41) is 7.77. The number of hydrogen-bond donors (Lipinski definition) is 1. The van der Waals surface area contributed by atoms with E-state index in [1.165, 1.54) is 6.08 Å². The minimum atomic E-state index is -3.22. The molecule has 8 heteroatoms. The van der Waals surface area contributed by atoms with Crippen LogP contribution < -0.4 is 0 Å². The second kappa shape index (κ2) is 12.6. The van der Waals surface area contributed by atoms with Crippen molar-refractivity contribution in [3.63, 3.8) is 0 Å². The Morgan fingerprint density at radius 3 is 1.72 bits per heavy atom. The van der Waals surface area contributed by atoms with Crippen molar-refractivity contribution < 1.29 is 32.8 Å². The molecule has 0 saturated carbocycles. The topological polar surface area (TPSA) is 91.3 Å². The van der Waals surface area contributed by atoms with Gasteiger partial charge in [0.1, 0.15) is 6.61 Å². The van der Waals surface area contributed by atoms with Gasteiger partial charge in [-0.2, -0.15) is 0 Å². The van der Waals surface area contributed by atoms with Crippen LogP contribution in [0.5, 0.6) is 0 Å². The highest BCUT2D eigenvalue weighted by Crippen LogP contribution is 2.48. The highest BCUT2D eigenvalue weighted by Gasteiger charge is 2.23. The van der Waals surface area contributed by atoms with Gasteiger partial charge in [-0.05, 0) is 20.8 Å². The molecule has 0 heterocycles. The molecule has 0 aromatic rings. The monoisotopic (exact) mass is 284 g/mol. The van der Waals surface area contributed by atoms with Gasteiger partial charge in [0.25, 0.3) is 0 Å². The second-order valence-electron chi connectivity index (χ2n) is 2.57. The Morgan fingerprint density at radius 2 is 1.56 bits per heavy atom. The van der Waals surface area contributed by atoms with E-state index in [0.717, 1.165) is 0 Å². The summed E-state index contributed by atoms with van der Waals surface area (Å²) < 4.78 is 29.8. The highest BCUT2D eigenvalue weighted by molar-refractivity contribution is 7.48. The van der Waals surface area contributed by atoms with E-state index in [-0.39, 0.29) is 6.61 Å². The molecule has 0 unspecified atom stereocenters. The first-order valence-corrected chi connectivity index (χ1v) is 6.92. The van der Waals surface area contributed by atoms with Gasteiger partial charge in [-0.3, -0.25) is 13.6 Å². The molecule has 0 atom stereocenters. The largest absolute Gasteiger partial charge is 0.506 e. The first-order chi connectivity index (χ1) is 8.45. The van der Waals surface area contributed by atoms with E-state index in [4.69, 9.17) is 18.7 Å². The van der Waals surface area contributed by atoms with E-state index in [1.807, 2.05) is 0 Å². The van der Waals surface area contributed by atoms with Gasteiger partial charge >= 0.3 is 14.0 Å². The molecule has 0 aliphatic heterocycles. The molecule has 0 saturated heterocycles. The summed E-state index contributed by atoms with van der Waals surface area (Å²) in [5.74, 6) is 0. The van der Waals surface area contributed by atoms with Gasteiger partial charge in [-0.1, -0.05) is 12.7 Å². The van der Waals surface area contributed by atoms with Crippen molar-refractivity contribution >= 4 is 14.0 Å². The Bertz CT molecular complexity index is 243. The fourth-order valence-corrected chi connectivity index (χ4v) is 1.89. The lowest BCUT2D eigenvalue weighted by atomic mass is 10.7. The van der Waals surface area contributed by atoms with Crippen LogP contribution in [0.4, 0.5) is 4.79 Å². The quantitative estimate of drug-likeness (QED) is 0.416. The van der Waals surface area contributed by atoms with Crippen LogP contribution in [0, 0.1) is 0 Å². The molecule has 0 aromatic heterocycles. The van der Waals surface area contributed by atoms with Crippen LogP contribution in [0.15, 0.2) is 12.7 Å². The van der Waals surface area contributed by atoms with Crippen molar-refractivity contribution in [2.45, 2.75) is 20.8 Å². The van der Waals surface area contributed by atoms with Gasteiger partial charge < -0.3 is 9.84 Å². The molecule has 0 spiro atoms. The Balaban J connectivity index is 0. The third-order valence-electron chi connectivity index (χ3n) is 1.19. The Morgan fingerprint density at radius 1 is 1.17 bits per heavy atom. The third-order valence-corrected chi connectivity index (χ3v) is 2.91. The van der Waals surface area contributed by atoms with Gasteiger partial charge in [0, 0.05) is 0 Å². The maximum Gasteiger partial charge on any atom is 0.506 e. The molecule has 0 fully saturated rings. The molecule has 0 bridgehead atoms. The van der Waals surface area contributed by atoms with Crippen molar-refractivity contribution in [1.29, 1.82) is 0 Å². The Labute approximate surface area is 107 Å². The number of hydrogen-bond acceptors (Lipinski definition) is 6. The molecule has 0 aliphatic carbocycles. The maximum atomic E-state index is 11.3. The molecule has 0 aromatic carbocycles. The summed E-state index contributed by atoms with van der Waals surface area (Å²) in [6, 6.07) is 0. The van der Waals surface area contributed by atoms with E-state index in [9.17, 15) is 9.36 Å². The first-order valence-electron chi connectivity index (χ1n) is 5.45. The molecule has 7 nitrogen and oxygen atoms in total. The van der Waals surface area contributed by atoms with Crippen LogP contribution in [0.3, 0.4) is 0 Å². The predicted molar refractivity (Wildman–Crippen MR) is 66.7 cm³/mol. The van der Waals surface area contributed by atoms with Crippen LogP contribution in [0.2, 0.25) is 0 Å². The van der Waals surface area contributed by atoms with Crippen molar-refractivity contribution in [2.75, 3.05) is 26.4 Å². The number of phosphoric ester groups is 1. The molecule has 0 radical (unpaired) electrons. The lowest BCUT2D eigenvalue weighted by Gasteiger charge is -2.14. The minimum Gasteiger partial charge on any atom is -0.450 e. The van der Waals surface area contributed by atoms with Gasteiger partial charge in [-0.25, -0.2) is 9.36 Å². The number of carbonyl (C=O) groups is 1. The number of ether oxygens (including phenoxy) is 1. The molecule has 0 amide bonds. The zero-order valence-corrected chi connectivity index (χ0v) is 11.9. The van der Waals surface area contributed by atoms with Crippen LogP contribution in [-0.2, 0) is 22.9 Å². The van der Waals surface area contributed by atoms with Crippen LogP contribution in [0.1, 0.15) is 20.8 Å². The second-order valence-corrected chi connectivity index (χ2v) is 4.24. The molecule has 18 heavy (non-hydrogen) atoms. The molecule has 0 aliphatic rings. The average molecular weight is 284 g/mol. The maximum absolute atomic E-state index is 11.3. The SMILES string of the molecule is C=CCOC(=O)O.CCOP(=O)(OCC)OCC. The Kier molecular flexibility index (Phi) is 13.6. The van der Waals surface area contributed by atoms with Gasteiger partial charge in [0.05, 0.1) is 19.8 Å². The smallest absolute Gasteiger partial charge is 0.450 e. The fourth-order valence-electron chi connectivity index (χ4n) is 0.716. The van der Waals surface area contributed by atoms with E-state index < -0.39 is 14.0 Å². The van der Waals surface area contributed by atoms with Crippen LogP contribution in [-0.4, -0.2) is 37.7 Å². The average Bonchev–Trinajstić information content (AvgIpc) is 2.28. The van der Waals surface area contributed by atoms with Crippen molar-refractivity contribution in [2.24, 2.45) is 0 Å². The summed E-state index contributed by atoms with van der Waals surface area (Å²) in [4.78, 5) is 9.49. The summed E-state index contributed by atoms with van der Waals surface area (Å²) in [7, 11) is -3.22. The third kappa shape index (κ3) is 13.2. The predicted octanol–water partition coefficient (Wildman–Crippen LogP) is 3.07. The number of phosphoric acid groups is 1. The van der Waals surface area contributed by atoms with Gasteiger partial charge in [0.15, 0.2) is 0 Å². The number of rotatable bonds is 8. The standard InChI is InChI=1S/C6H15O4P.C4H6O3/c1-4-8-11(7,9-5-2)10-6-3;1-2-3-7-4(5)6/h4-6H2,1-3H3;2H,1,3H2,(H,5,6). The van der Waals surface area contributed by atoms with Gasteiger partial charge in [-0.15, -0.1) is 0 Å². The van der Waals surface area contributed by atoms with Crippen molar-refractivity contribution in [1.82, 2.24) is 0 Å². The lowest BCUT2D eigenvalue weighted by Crippen LogP contribution is -1.99. The molecule has 108 valence electrons. The van der Waals surface area contributed by atoms with Crippen molar-refractivity contribution in [3.05, 3.63) is 12.7 Å². The normalized spacial score (nSPS) is 10.2. The Hall–Kier alpha value is -0.880. The van der Waals surface area contributed by atoms with E-state index in [1.54, 1.807) is 20.8 Å². The fraction of sp³-hybridized carbons (Fsp3) is 0.700. The zero-order valence-electron chi connectivity index (χ0n) is 11.0. The van der Waals surface area contributed by atoms with Crippen LogP contribution >= 0.6 is 7.82 Å². The number of carboxylic acid groups (broad SMARTS) is 1. The summed E-state index contributed by atoms with van der Waals surface area (Å²) in [5.41, 5.74) is 0. The summed E-state index contributed by atoms with van der Waals surface area (Å²) in [6.07, 6.45) is 0.105. The molecular formula is C10H21O7P. The van der Waals surface area contributed by atoms with E-state index >= 15 is 0 Å². The molecular weight excluding hydrogens is 263 g/mol. The van der Waals surface area contributed by atoms with E-state index in [0.29, 0.717) is 19.8 Å². The first kappa shape index (κ1) is 19.5. The zero-order chi connectivity index (χ0) is 14.4. The van der Waals surface area contributed by atoms with Crippen LogP contribution in [0.25, 0.3) is 0 Å². The minimum absolute atomic E-state index is 0.0648. The summed E-state index contributed by atoms with van der Waals surface area (Å²) >= 11 is 0.